The number of nitrogens with one attached hydrogen (secondary N) is 2. The zero-order chi connectivity index (χ0) is 18.1. The lowest BCUT2D eigenvalue weighted by atomic mass is 10.0. The van der Waals surface area contributed by atoms with Gasteiger partial charge in [-0.15, -0.1) is 0 Å². The average Bonchev–Trinajstić information content (AvgIpc) is 3.24. The SMILES string of the molecule is Cn1cc(C(=O)NNC(=O)Cc2ccc3c(c2)CCC3)c2ccccc21. The van der Waals surface area contributed by atoms with E-state index in [1.165, 1.54) is 17.5 Å². The summed E-state index contributed by atoms with van der Waals surface area (Å²) in [5, 5.41) is 0.861. The molecular formula is C21H21N3O2. The predicted octanol–water partition coefficient (Wildman–Crippen LogP) is 2.67. The van der Waals surface area contributed by atoms with Crippen LogP contribution in [0.25, 0.3) is 10.9 Å². The Bertz CT molecular complexity index is 1000. The summed E-state index contributed by atoms with van der Waals surface area (Å²) >= 11 is 0. The molecule has 5 nitrogen and oxygen atoms in total. The highest BCUT2D eigenvalue weighted by Gasteiger charge is 2.15. The Balaban J connectivity index is 1.40. The maximum atomic E-state index is 12.4. The fraction of sp³-hybridized carbons (Fsp3) is 0.238. The number of hydrogen-bond acceptors (Lipinski definition) is 2. The largest absolute Gasteiger partial charge is 0.350 e. The van der Waals surface area contributed by atoms with Crippen molar-refractivity contribution in [1.82, 2.24) is 15.4 Å². The summed E-state index contributed by atoms with van der Waals surface area (Å²) in [4.78, 5) is 24.6. The van der Waals surface area contributed by atoms with Gasteiger partial charge in [0, 0.05) is 24.1 Å². The first-order valence-corrected chi connectivity index (χ1v) is 8.86. The number of carbonyl (C=O) groups excluding carboxylic acids is 2. The van der Waals surface area contributed by atoms with E-state index >= 15 is 0 Å². The standard InChI is InChI=1S/C21H21N3O2/c1-24-13-18(17-7-2-3-8-19(17)24)21(26)23-22-20(25)12-14-9-10-15-5-4-6-16(15)11-14/h2-3,7-11,13H,4-6,12H2,1H3,(H,22,25)(H,23,26). The highest BCUT2D eigenvalue weighted by atomic mass is 16.2. The van der Waals surface area contributed by atoms with Crippen LogP contribution in [0.5, 0.6) is 0 Å². The molecule has 1 aliphatic rings. The van der Waals surface area contributed by atoms with Crippen molar-refractivity contribution in [2.45, 2.75) is 25.7 Å². The van der Waals surface area contributed by atoms with Crippen molar-refractivity contribution < 1.29 is 9.59 Å². The lowest BCUT2D eigenvalue weighted by Gasteiger charge is -2.08. The van der Waals surface area contributed by atoms with Crippen LogP contribution in [0.15, 0.2) is 48.7 Å². The van der Waals surface area contributed by atoms with E-state index in [9.17, 15) is 9.59 Å². The number of amides is 2. The lowest BCUT2D eigenvalue weighted by Crippen LogP contribution is -2.42. The summed E-state index contributed by atoms with van der Waals surface area (Å²) in [6, 6.07) is 13.9. The second kappa shape index (κ2) is 6.67. The molecule has 1 aliphatic carbocycles. The molecule has 132 valence electrons. The van der Waals surface area contributed by atoms with Gasteiger partial charge in [-0.2, -0.15) is 0 Å². The van der Waals surface area contributed by atoms with Gasteiger partial charge in [0.1, 0.15) is 0 Å². The third-order valence-electron chi connectivity index (χ3n) is 4.98. The average molecular weight is 347 g/mol. The number of carbonyl (C=O) groups is 2. The maximum Gasteiger partial charge on any atom is 0.271 e. The predicted molar refractivity (Wildman–Crippen MR) is 101 cm³/mol. The van der Waals surface area contributed by atoms with Crippen molar-refractivity contribution in [2.24, 2.45) is 7.05 Å². The first-order chi connectivity index (χ1) is 12.6. The molecule has 0 spiro atoms. The maximum absolute atomic E-state index is 12.4. The van der Waals surface area contributed by atoms with E-state index < -0.39 is 0 Å². The van der Waals surface area contributed by atoms with Crippen LogP contribution in [-0.4, -0.2) is 16.4 Å². The molecule has 3 aromatic rings. The van der Waals surface area contributed by atoms with Crippen LogP contribution in [-0.2, 0) is 31.1 Å². The van der Waals surface area contributed by atoms with E-state index in [-0.39, 0.29) is 18.2 Å². The number of nitrogens with zero attached hydrogens (tertiary/aromatic N) is 1. The molecule has 1 aromatic heterocycles. The molecule has 0 unspecified atom stereocenters. The molecule has 2 aromatic carbocycles. The summed E-state index contributed by atoms with van der Waals surface area (Å²) < 4.78 is 1.90. The minimum absolute atomic E-state index is 0.225. The van der Waals surface area contributed by atoms with Crippen LogP contribution < -0.4 is 10.9 Å². The lowest BCUT2D eigenvalue weighted by molar-refractivity contribution is -0.121. The van der Waals surface area contributed by atoms with Gasteiger partial charge in [0.05, 0.1) is 12.0 Å². The van der Waals surface area contributed by atoms with Gasteiger partial charge in [-0.05, 0) is 42.0 Å². The molecule has 2 amide bonds. The van der Waals surface area contributed by atoms with Gasteiger partial charge < -0.3 is 4.57 Å². The normalized spacial score (nSPS) is 12.8. The highest BCUT2D eigenvalue weighted by molar-refractivity contribution is 6.07. The number of fused-ring (bicyclic) bond motifs is 2. The fourth-order valence-electron chi connectivity index (χ4n) is 3.68. The number of para-hydroxylation sites is 1. The molecule has 0 radical (unpaired) electrons. The van der Waals surface area contributed by atoms with Crippen molar-refractivity contribution in [2.75, 3.05) is 0 Å². The van der Waals surface area contributed by atoms with Gasteiger partial charge in [-0.1, -0.05) is 36.4 Å². The van der Waals surface area contributed by atoms with Crippen LogP contribution in [0, 0.1) is 0 Å². The molecule has 0 atom stereocenters. The Labute approximate surface area is 152 Å². The second-order valence-electron chi connectivity index (χ2n) is 6.81. The number of rotatable bonds is 3. The monoisotopic (exact) mass is 347 g/mol. The van der Waals surface area contributed by atoms with Gasteiger partial charge in [-0.25, -0.2) is 0 Å². The first kappa shape index (κ1) is 16.4. The van der Waals surface area contributed by atoms with E-state index in [4.69, 9.17) is 0 Å². The first-order valence-electron chi connectivity index (χ1n) is 8.86. The second-order valence-corrected chi connectivity index (χ2v) is 6.81. The minimum atomic E-state index is -0.316. The van der Waals surface area contributed by atoms with Crippen LogP contribution >= 0.6 is 0 Å². The Kier molecular flexibility index (Phi) is 4.21. The van der Waals surface area contributed by atoms with Crippen LogP contribution in [0.2, 0.25) is 0 Å². The minimum Gasteiger partial charge on any atom is -0.350 e. The molecule has 2 N–H and O–H groups in total. The van der Waals surface area contributed by atoms with Crippen molar-refractivity contribution in [1.29, 1.82) is 0 Å². The van der Waals surface area contributed by atoms with Crippen molar-refractivity contribution in [3.8, 4) is 0 Å². The Morgan fingerprint density at radius 2 is 1.85 bits per heavy atom. The number of aryl methyl sites for hydroxylation is 3. The van der Waals surface area contributed by atoms with Crippen LogP contribution in [0.3, 0.4) is 0 Å². The highest BCUT2D eigenvalue weighted by Crippen LogP contribution is 2.23. The van der Waals surface area contributed by atoms with Crippen LogP contribution in [0.4, 0.5) is 0 Å². The van der Waals surface area contributed by atoms with Gasteiger partial charge in [0.2, 0.25) is 5.91 Å². The Morgan fingerprint density at radius 1 is 1.04 bits per heavy atom. The Morgan fingerprint density at radius 3 is 2.73 bits per heavy atom. The molecule has 0 aliphatic heterocycles. The van der Waals surface area contributed by atoms with E-state index in [1.807, 2.05) is 41.9 Å². The quantitative estimate of drug-likeness (QED) is 0.716. The summed E-state index contributed by atoms with van der Waals surface area (Å²) in [6.07, 6.45) is 5.42. The number of aromatic nitrogens is 1. The Hall–Kier alpha value is -3.08. The topological polar surface area (TPSA) is 63.1 Å². The van der Waals surface area contributed by atoms with Gasteiger partial charge in [0.15, 0.2) is 0 Å². The summed E-state index contributed by atoms with van der Waals surface area (Å²) in [5.74, 6) is -0.541. The third kappa shape index (κ3) is 3.08. The molecule has 0 saturated carbocycles. The summed E-state index contributed by atoms with van der Waals surface area (Å²) in [5.41, 5.74) is 10.3. The molecule has 1 heterocycles. The van der Waals surface area contributed by atoms with Crippen molar-refractivity contribution in [3.05, 3.63) is 70.9 Å². The number of hydrazine groups is 1. The molecular weight excluding hydrogens is 326 g/mol. The smallest absolute Gasteiger partial charge is 0.271 e. The number of hydrogen-bond donors (Lipinski definition) is 2. The molecule has 0 bridgehead atoms. The van der Waals surface area contributed by atoms with E-state index in [2.05, 4.69) is 23.0 Å². The van der Waals surface area contributed by atoms with Gasteiger partial charge >= 0.3 is 0 Å². The molecule has 26 heavy (non-hydrogen) atoms. The molecule has 5 heteroatoms. The van der Waals surface area contributed by atoms with Gasteiger partial charge in [0.25, 0.3) is 5.91 Å². The zero-order valence-corrected chi connectivity index (χ0v) is 14.7. The van der Waals surface area contributed by atoms with E-state index in [1.54, 1.807) is 6.20 Å². The van der Waals surface area contributed by atoms with Crippen molar-refractivity contribution >= 4 is 22.7 Å². The molecule has 4 rings (SSSR count). The number of benzene rings is 2. The molecule has 0 saturated heterocycles. The van der Waals surface area contributed by atoms with E-state index in [0.29, 0.717) is 5.56 Å². The molecule has 0 fully saturated rings. The van der Waals surface area contributed by atoms with E-state index in [0.717, 1.165) is 29.3 Å². The summed E-state index contributed by atoms with van der Waals surface area (Å²) in [7, 11) is 1.89. The third-order valence-corrected chi connectivity index (χ3v) is 4.98. The van der Waals surface area contributed by atoms with Gasteiger partial charge in [-0.3, -0.25) is 20.4 Å². The van der Waals surface area contributed by atoms with Crippen molar-refractivity contribution in [3.63, 3.8) is 0 Å². The zero-order valence-electron chi connectivity index (χ0n) is 14.7. The summed E-state index contributed by atoms with van der Waals surface area (Å²) in [6.45, 7) is 0. The fourth-order valence-corrected chi connectivity index (χ4v) is 3.68. The van der Waals surface area contributed by atoms with Crippen LogP contribution in [0.1, 0.15) is 33.5 Å².